The van der Waals surface area contributed by atoms with Crippen LogP contribution in [-0.2, 0) is 4.74 Å². The van der Waals surface area contributed by atoms with E-state index in [0.717, 1.165) is 0 Å². The number of aromatic nitrogens is 1. The lowest BCUT2D eigenvalue weighted by atomic mass is 10.1. The summed E-state index contributed by atoms with van der Waals surface area (Å²) < 4.78 is 10.8. The van der Waals surface area contributed by atoms with Crippen molar-refractivity contribution in [3.05, 3.63) is 24.0 Å². The third-order valence-electron chi connectivity index (χ3n) is 2.76. The third-order valence-corrected chi connectivity index (χ3v) is 2.76. The van der Waals surface area contributed by atoms with Crippen LogP contribution in [-0.4, -0.2) is 51.8 Å². The number of hydrogen-bond donors (Lipinski definition) is 1. The molecule has 0 saturated carbocycles. The van der Waals surface area contributed by atoms with Crippen LogP contribution in [0, 0.1) is 0 Å². The van der Waals surface area contributed by atoms with E-state index < -0.39 is 11.6 Å². The summed E-state index contributed by atoms with van der Waals surface area (Å²) in [6.45, 7) is 6.32. The Kier molecular flexibility index (Phi) is 4.02. The van der Waals surface area contributed by atoms with E-state index in [1.54, 1.807) is 11.0 Å². The Morgan fingerprint density at radius 1 is 1.33 bits per heavy atom. The quantitative estimate of drug-likeness (QED) is 0.914. The summed E-state index contributed by atoms with van der Waals surface area (Å²) >= 11 is 0. The molecule has 21 heavy (non-hydrogen) atoms. The fraction of sp³-hybridized carbons (Fsp3) is 0.500. The number of hydrogen-bond acceptors (Lipinski definition) is 5. The highest BCUT2D eigenvalue weighted by Gasteiger charge is 2.35. The molecular weight excluding hydrogens is 276 g/mol. The Hall–Kier alpha value is -2.31. The fourth-order valence-electron chi connectivity index (χ4n) is 1.76. The molecule has 1 saturated heterocycles. The number of nitrogens with zero attached hydrogens (tertiary/aromatic N) is 2. The molecule has 0 radical (unpaired) electrons. The monoisotopic (exact) mass is 294 g/mol. The van der Waals surface area contributed by atoms with E-state index in [0.29, 0.717) is 18.8 Å². The van der Waals surface area contributed by atoms with Crippen LogP contribution in [0.1, 0.15) is 31.3 Å². The van der Waals surface area contributed by atoms with Crippen molar-refractivity contribution in [3.63, 3.8) is 0 Å². The Bertz CT molecular complexity index is 529. The number of carbonyl (C=O) groups is 2. The molecule has 0 bridgehead atoms. The molecule has 0 spiro atoms. The number of carboxylic acids is 1. The van der Waals surface area contributed by atoms with Crippen LogP contribution in [0.4, 0.5) is 4.79 Å². The van der Waals surface area contributed by atoms with E-state index in [2.05, 4.69) is 4.98 Å². The lowest BCUT2D eigenvalue weighted by Gasteiger charge is -2.39. The van der Waals surface area contributed by atoms with Gasteiger partial charge in [0.1, 0.15) is 23.1 Å². The first-order chi connectivity index (χ1) is 9.74. The van der Waals surface area contributed by atoms with Gasteiger partial charge in [0.15, 0.2) is 0 Å². The van der Waals surface area contributed by atoms with E-state index in [-0.39, 0.29) is 17.9 Å². The predicted octanol–water partition coefficient (Wildman–Crippen LogP) is 1.78. The standard InChI is InChI=1S/C14H18N2O5/c1-14(2,3)21-13(19)16-7-10(8-16)20-9-4-5-11(12(17)18)15-6-9/h4-6,10H,7-8H2,1-3H3,(H,17,18). The molecule has 7 heteroatoms. The third kappa shape index (κ3) is 4.08. The Balaban J connectivity index is 1.80. The van der Waals surface area contributed by atoms with Crippen LogP contribution in [0.3, 0.4) is 0 Å². The molecule has 1 amide bonds. The molecule has 0 atom stereocenters. The van der Waals surface area contributed by atoms with Crippen molar-refractivity contribution in [1.82, 2.24) is 9.88 Å². The smallest absolute Gasteiger partial charge is 0.410 e. The number of pyridine rings is 1. The molecule has 0 unspecified atom stereocenters. The minimum atomic E-state index is -1.08. The summed E-state index contributed by atoms with van der Waals surface area (Å²) in [4.78, 5) is 27.7. The molecule has 1 aromatic heterocycles. The van der Waals surface area contributed by atoms with Crippen molar-refractivity contribution < 1.29 is 24.2 Å². The van der Waals surface area contributed by atoms with Gasteiger partial charge in [0, 0.05) is 0 Å². The van der Waals surface area contributed by atoms with E-state index in [1.807, 2.05) is 20.8 Å². The van der Waals surface area contributed by atoms with Gasteiger partial charge in [-0.1, -0.05) is 0 Å². The van der Waals surface area contributed by atoms with Crippen molar-refractivity contribution in [2.45, 2.75) is 32.5 Å². The van der Waals surface area contributed by atoms with Crippen LogP contribution in [0.25, 0.3) is 0 Å². The van der Waals surface area contributed by atoms with E-state index in [1.165, 1.54) is 12.3 Å². The maximum Gasteiger partial charge on any atom is 0.410 e. The van der Waals surface area contributed by atoms with Gasteiger partial charge in [-0.15, -0.1) is 0 Å². The number of likely N-dealkylation sites (tertiary alicyclic amines) is 1. The summed E-state index contributed by atoms with van der Waals surface area (Å²) in [5.74, 6) is -0.602. The maximum absolute atomic E-state index is 11.7. The van der Waals surface area contributed by atoms with Crippen molar-refractivity contribution in [2.75, 3.05) is 13.1 Å². The zero-order chi connectivity index (χ0) is 15.6. The Morgan fingerprint density at radius 2 is 2.00 bits per heavy atom. The van der Waals surface area contributed by atoms with Crippen molar-refractivity contribution in [3.8, 4) is 5.75 Å². The zero-order valence-corrected chi connectivity index (χ0v) is 12.2. The second-order valence-electron chi connectivity index (χ2n) is 5.81. The number of rotatable bonds is 3. The molecule has 1 N–H and O–H groups in total. The van der Waals surface area contributed by atoms with Crippen LogP contribution in [0.2, 0.25) is 0 Å². The van der Waals surface area contributed by atoms with Gasteiger partial charge in [0.25, 0.3) is 0 Å². The number of carboxylic acid groups (broad SMARTS) is 1. The van der Waals surface area contributed by atoms with Gasteiger partial charge >= 0.3 is 12.1 Å². The van der Waals surface area contributed by atoms with Gasteiger partial charge in [-0.2, -0.15) is 0 Å². The lowest BCUT2D eigenvalue weighted by Crippen LogP contribution is -2.57. The molecule has 0 aromatic carbocycles. The maximum atomic E-state index is 11.7. The van der Waals surface area contributed by atoms with Gasteiger partial charge < -0.3 is 19.5 Å². The molecule has 114 valence electrons. The molecule has 0 aliphatic carbocycles. The minimum Gasteiger partial charge on any atom is -0.485 e. The molecule has 2 rings (SSSR count). The first kappa shape index (κ1) is 15.1. The Morgan fingerprint density at radius 3 is 2.48 bits per heavy atom. The van der Waals surface area contributed by atoms with Crippen LogP contribution in [0.15, 0.2) is 18.3 Å². The Labute approximate surface area is 122 Å². The van der Waals surface area contributed by atoms with Gasteiger partial charge in [0.05, 0.1) is 19.3 Å². The summed E-state index contributed by atoms with van der Waals surface area (Å²) in [6, 6.07) is 2.93. The molecule has 1 aliphatic heterocycles. The average Bonchev–Trinajstić information content (AvgIpc) is 2.31. The SMILES string of the molecule is CC(C)(C)OC(=O)N1CC(Oc2ccc(C(=O)O)nc2)C1. The highest BCUT2D eigenvalue weighted by molar-refractivity contribution is 5.85. The summed E-state index contributed by atoms with van der Waals surface area (Å²) in [7, 11) is 0. The fourth-order valence-corrected chi connectivity index (χ4v) is 1.76. The van der Waals surface area contributed by atoms with E-state index >= 15 is 0 Å². The van der Waals surface area contributed by atoms with Crippen molar-refractivity contribution in [1.29, 1.82) is 0 Å². The first-order valence-electron chi connectivity index (χ1n) is 6.58. The molecular formula is C14H18N2O5. The van der Waals surface area contributed by atoms with Gasteiger partial charge in [0.2, 0.25) is 0 Å². The number of amides is 1. The van der Waals surface area contributed by atoms with Gasteiger partial charge in [-0.05, 0) is 32.9 Å². The summed E-state index contributed by atoms with van der Waals surface area (Å²) in [5.41, 5.74) is -0.550. The molecule has 1 aliphatic rings. The molecule has 1 fully saturated rings. The van der Waals surface area contributed by atoms with Crippen LogP contribution < -0.4 is 4.74 Å². The van der Waals surface area contributed by atoms with E-state index in [9.17, 15) is 9.59 Å². The number of aromatic carboxylic acids is 1. The van der Waals surface area contributed by atoms with Gasteiger partial charge in [-0.25, -0.2) is 14.6 Å². The van der Waals surface area contributed by atoms with Gasteiger partial charge in [-0.3, -0.25) is 0 Å². The number of ether oxygens (including phenoxy) is 2. The number of carbonyl (C=O) groups excluding carboxylic acids is 1. The molecule has 1 aromatic rings. The highest BCUT2D eigenvalue weighted by Crippen LogP contribution is 2.20. The lowest BCUT2D eigenvalue weighted by molar-refractivity contribution is -0.0222. The molecule has 2 heterocycles. The summed E-state index contributed by atoms with van der Waals surface area (Å²) in [6.07, 6.45) is 0.872. The minimum absolute atomic E-state index is 0.0358. The largest absolute Gasteiger partial charge is 0.485 e. The average molecular weight is 294 g/mol. The normalized spacial score (nSPS) is 15.3. The van der Waals surface area contributed by atoms with Crippen molar-refractivity contribution >= 4 is 12.1 Å². The van der Waals surface area contributed by atoms with Crippen LogP contribution >= 0.6 is 0 Å². The topological polar surface area (TPSA) is 89.0 Å². The molecule has 7 nitrogen and oxygen atoms in total. The van der Waals surface area contributed by atoms with Crippen LogP contribution in [0.5, 0.6) is 5.75 Å². The van der Waals surface area contributed by atoms with E-state index in [4.69, 9.17) is 14.6 Å². The first-order valence-corrected chi connectivity index (χ1v) is 6.58. The van der Waals surface area contributed by atoms with Crippen molar-refractivity contribution in [2.24, 2.45) is 0 Å². The predicted molar refractivity (Wildman–Crippen MR) is 73.4 cm³/mol. The zero-order valence-electron chi connectivity index (χ0n) is 12.2. The second-order valence-corrected chi connectivity index (χ2v) is 5.81. The summed E-state index contributed by atoms with van der Waals surface area (Å²) in [5, 5.41) is 8.74. The second kappa shape index (κ2) is 5.59. The highest BCUT2D eigenvalue weighted by atomic mass is 16.6.